The molecule has 0 spiro atoms. The second-order valence-corrected chi connectivity index (χ2v) is 7.23. The highest BCUT2D eigenvalue weighted by molar-refractivity contribution is 6.34. The van der Waals surface area contributed by atoms with Crippen LogP contribution in [0.2, 0.25) is 10.0 Å². The van der Waals surface area contributed by atoms with Crippen LogP contribution in [0.15, 0.2) is 18.2 Å². The molecule has 1 atom stereocenters. The summed E-state index contributed by atoms with van der Waals surface area (Å²) in [6.07, 6.45) is 0.559. The first-order chi connectivity index (χ1) is 10.7. The summed E-state index contributed by atoms with van der Waals surface area (Å²) in [5.74, 6) is -0.870. The fourth-order valence-corrected chi connectivity index (χ4v) is 3.31. The average Bonchev–Trinajstić information content (AvgIpc) is 2.80. The van der Waals surface area contributed by atoms with E-state index in [1.165, 1.54) is 0 Å². The van der Waals surface area contributed by atoms with E-state index in [0.29, 0.717) is 36.1 Å². The number of carbonyl (C=O) groups excluding carboxylic acids is 1. The first kappa shape index (κ1) is 18.0. The Morgan fingerprint density at radius 1 is 1.30 bits per heavy atom. The van der Waals surface area contributed by atoms with Gasteiger partial charge in [-0.05, 0) is 43.7 Å². The zero-order valence-electron chi connectivity index (χ0n) is 13.2. The van der Waals surface area contributed by atoms with Gasteiger partial charge >= 0.3 is 5.97 Å². The Labute approximate surface area is 145 Å². The number of carbonyl (C=O) groups is 2. The molecule has 23 heavy (non-hydrogen) atoms. The summed E-state index contributed by atoms with van der Waals surface area (Å²) in [5.41, 5.74) is 0.0921. The van der Waals surface area contributed by atoms with Crippen molar-refractivity contribution in [3.63, 3.8) is 0 Å². The molecule has 2 rings (SSSR count). The number of rotatable bonds is 5. The standard InChI is InChI=1S/C16H20Cl2N2O3/c1-16(15(22)23)3-4-20(10-16)9-14(21)19(2)8-11-5-12(17)7-13(18)6-11/h5-7H,3-4,8-10H2,1-2H3,(H,22,23). The van der Waals surface area contributed by atoms with Gasteiger partial charge in [0.05, 0.1) is 12.0 Å². The zero-order valence-corrected chi connectivity index (χ0v) is 14.7. The molecule has 1 unspecified atom stereocenters. The van der Waals surface area contributed by atoms with Crippen LogP contribution in [0, 0.1) is 5.41 Å². The summed E-state index contributed by atoms with van der Waals surface area (Å²) in [4.78, 5) is 27.1. The fourth-order valence-electron chi connectivity index (χ4n) is 2.74. The predicted molar refractivity (Wildman–Crippen MR) is 89.7 cm³/mol. The minimum absolute atomic E-state index is 0.0595. The Hall–Kier alpha value is -1.30. The number of benzene rings is 1. The second-order valence-electron chi connectivity index (χ2n) is 6.35. The normalized spacial score (nSPS) is 21.4. The van der Waals surface area contributed by atoms with Crippen molar-refractivity contribution in [3.8, 4) is 0 Å². The van der Waals surface area contributed by atoms with Crippen molar-refractivity contribution in [1.29, 1.82) is 0 Å². The Morgan fingerprint density at radius 3 is 2.43 bits per heavy atom. The summed E-state index contributed by atoms with van der Waals surface area (Å²) in [6.45, 7) is 3.35. The van der Waals surface area contributed by atoms with Crippen molar-refractivity contribution in [1.82, 2.24) is 9.80 Å². The molecule has 1 aromatic carbocycles. The minimum Gasteiger partial charge on any atom is -0.481 e. The van der Waals surface area contributed by atoms with Gasteiger partial charge in [-0.2, -0.15) is 0 Å². The van der Waals surface area contributed by atoms with E-state index in [1.807, 2.05) is 4.90 Å². The Balaban J connectivity index is 1.92. The molecule has 1 aliphatic rings. The lowest BCUT2D eigenvalue weighted by molar-refractivity contribution is -0.147. The van der Waals surface area contributed by atoms with Crippen molar-refractivity contribution >= 4 is 35.1 Å². The highest BCUT2D eigenvalue weighted by Gasteiger charge is 2.40. The van der Waals surface area contributed by atoms with Crippen LogP contribution in [0.1, 0.15) is 18.9 Å². The predicted octanol–water partition coefficient (Wildman–Crippen LogP) is 2.75. The van der Waals surface area contributed by atoms with Gasteiger partial charge in [0.2, 0.25) is 5.91 Å². The lowest BCUT2D eigenvalue weighted by Crippen LogP contribution is -2.39. The van der Waals surface area contributed by atoms with E-state index in [1.54, 1.807) is 37.1 Å². The molecule has 7 heteroatoms. The van der Waals surface area contributed by atoms with Crippen LogP contribution in [0.5, 0.6) is 0 Å². The van der Waals surface area contributed by atoms with Gasteiger partial charge in [-0.1, -0.05) is 23.2 Å². The monoisotopic (exact) mass is 358 g/mol. The van der Waals surface area contributed by atoms with Gasteiger partial charge in [0.15, 0.2) is 0 Å². The highest BCUT2D eigenvalue weighted by Crippen LogP contribution is 2.30. The maximum absolute atomic E-state index is 12.3. The van der Waals surface area contributed by atoms with Crippen molar-refractivity contribution < 1.29 is 14.7 Å². The van der Waals surface area contributed by atoms with Crippen LogP contribution in [0.4, 0.5) is 0 Å². The van der Waals surface area contributed by atoms with Gasteiger partial charge in [-0.3, -0.25) is 14.5 Å². The SMILES string of the molecule is CN(Cc1cc(Cl)cc(Cl)c1)C(=O)CN1CCC(C)(C(=O)O)C1. The van der Waals surface area contributed by atoms with Gasteiger partial charge in [-0.25, -0.2) is 0 Å². The maximum atomic E-state index is 12.3. The molecule has 1 aliphatic heterocycles. The van der Waals surface area contributed by atoms with E-state index in [4.69, 9.17) is 23.2 Å². The topological polar surface area (TPSA) is 60.9 Å². The molecule has 126 valence electrons. The van der Waals surface area contributed by atoms with Crippen molar-refractivity contribution in [2.45, 2.75) is 19.9 Å². The number of carboxylic acid groups (broad SMARTS) is 1. The number of carboxylic acids is 1. The number of nitrogens with zero attached hydrogens (tertiary/aromatic N) is 2. The molecule has 1 heterocycles. The minimum atomic E-state index is -0.811. The Bertz CT molecular complexity index is 603. The van der Waals surface area contributed by atoms with Gasteiger partial charge in [0.1, 0.15) is 0 Å². The maximum Gasteiger partial charge on any atom is 0.310 e. The van der Waals surface area contributed by atoms with Gasteiger partial charge in [-0.15, -0.1) is 0 Å². The quantitative estimate of drug-likeness (QED) is 0.878. The third-order valence-electron chi connectivity index (χ3n) is 4.20. The van der Waals surface area contributed by atoms with Crippen LogP contribution in [-0.2, 0) is 16.1 Å². The number of likely N-dealkylation sites (N-methyl/N-ethyl adjacent to an activating group) is 1. The molecule has 0 saturated carbocycles. The van der Waals surface area contributed by atoms with E-state index in [0.717, 1.165) is 5.56 Å². The van der Waals surface area contributed by atoms with E-state index in [-0.39, 0.29) is 12.5 Å². The summed E-state index contributed by atoms with van der Waals surface area (Å²) < 4.78 is 0. The fraction of sp³-hybridized carbons (Fsp3) is 0.500. The van der Waals surface area contributed by atoms with Crippen molar-refractivity contribution in [3.05, 3.63) is 33.8 Å². The van der Waals surface area contributed by atoms with Crippen LogP contribution in [0.25, 0.3) is 0 Å². The molecule has 1 saturated heterocycles. The molecule has 1 amide bonds. The van der Waals surface area contributed by atoms with E-state index in [9.17, 15) is 14.7 Å². The molecule has 0 bridgehead atoms. The number of hydrogen-bond donors (Lipinski definition) is 1. The molecule has 0 radical (unpaired) electrons. The first-order valence-electron chi connectivity index (χ1n) is 7.34. The molecule has 0 aliphatic carbocycles. The molecular formula is C16H20Cl2N2O3. The van der Waals surface area contributed by atoms with Gasteiger partial charge in [0.25, 0.3) is 0 Å². The Morgan fingerprint density at radius 2 is 1.91 bits per heavy atom. The summed E-state index contributed by atoms with van der Waals surface area (Å²) in [6, 6.07) is 5.19. The third-order valence-corrected chi connectivity index (χ3v) is 4.63. The zero-order chi connectivity index (χ0) is 17.2. The summed E-state index contributed by atoms with van der Waals surface area (Å²) in [7, 11) is 1.71. The number of amides is 1. The number of halogens is 2. The summed E-state index contributed by atoms with van der Waals surface area (Å²) >= 11 is 11.9. The van der Waals surface area contributed by atoms with Crippen molar-refractivity contribution in [2.24, 2.45) is 5.41 Å². The van der Waals surface area contributed by atoms with Gasteiger partial charge in [0, 0.05) is 30.2 Å². The lowest BCUT2D eigenvalue weighted by Gasteiger charge is -2.23. The molecule has 0 aromatic heterocycles. The Kier molecular flexibility index (Phi) is 5.55. The molecule has 5 nitrogen and oxygen atoms in total. The molecular weight excluding hydrogens is 339 g/mol. The number of hydrogen-bond acceptors (Lipinski definition) is 3. The number of likely N-dealkylation sites (tertiary alicyclic amines) is 1. The lowest BCUT2D eigenvalue weighted by atomic mass is 9.90. The smallest absolute Gasteiger partial charge is 0.310 e. The second kappa shape index (κ2) is 7.07. The van der Waals surface area contributed by atoms with Crippen LogP contribution < -0.4 is 0 Å². The van der Waals surface area contributed by atoms with Crippen LogP contribution in [-0.4, -0.2) is 53.5 Å². The largest absolute Gasteiger partial charge is 0.481 e. The highest BCUT2D eigenvalue weighted by atomic mass is 35.5. The third kappa shape index (κ3) is 4.59. The van der Waals surface area contributed by atoms with Crippen LogP contribution >= 0.6 is 23.2 Å². The van der Waals surface area contributed by atoms with Gasteiger partial charge < -0.3 is 10.0 Å². The first-order valence-corrected chi connectivity index (χ1v) is 8.10. The molecule has 1 fully saturated rings. The van der Waals surface area contributed by atoms with Crippen LogP contribution in [0.3, 0.4) is 0 Å². The van der Waals surface area contributed by atoms with E-state index >= 15 is 0 Å². The average molecular weight is 359 g/mol. The summed E-state index contributed by atoms with van der Waals surface area (Å²) in [5, 5.41) is 10.3. The van der Waals surface area contributed by atoms with E-state index < -0.39 is 11.4 Å². The molecule has 1 N–H and O–H groups in total. The molecule has 1 aromatic rings. The van der Waals surface area contributed by atoms with E-state index in [2.05, 4.69) is 0 Å². The van der Waals surface area contributed by atoms with Crippen molar-refractivity contribution in [2.75, 3.05) is 26.7 Å². The number of aliphatic carboxylic acids is 1.